The Hall–Kier alpha value is -3.10. The molecule has 1 saturated heterocycles. The number of rotatable bonds is 9. The van der Waals surface area contributed by atoms with Crippen molar-refractivity contribution in [3.05, 3.63) is 35.9 Å². The Morgan fingerprint density at radius 3 is 2.53 bits per heavy atom. The first-order valence-electron chi connectivity index (χ1n) is 10.0. The fourth-order valence-corrected chi connectivity index (χ4v) is 3.32. The molecule has 2 rings (SSSR count). The zero-order valence-corrected chi connectivity index (χ0v) is 17.3. The number of amides is 3. The highest BCUT2D eigenvalue weighted by Gasteiger charge is 2.35. The van der Waals surface area contributed by atoms with Crippen molar-refractivity contribution in [3.8, 4) is 0 Å². The molecule has 3 N–H and O–H groups in total. The summed E-state index contributed by atoms with van der Waals surface area (Å²) < 4.78 is 5.07. The highest BCUT2D eigenvalue weighted by molar-refractivity contribution is 5.92. The van der Waals surface area contributed by atoms with Crippen molar-refractivity contribution >= 4 is 23.9 Å². The molecule has 0 unspecified atom stereocenters. The molecule has 0 radical (unpaired) electrons. The van der Waals surface area contributed by atoms with Crippen molar-refractivity contribution in [3.63, 3.8) is 0 Å². The highest BCUT2D eigenvalue weighted by Crippen LogP contribution is 2.18. The largest absolute Gasteiger partial charge is 0.480 e. The molecule has 9 heteroatoms. The summed E-state index contributed by atoms with van der Waals surface area (Å²) in [5.74, 6) is -1.91. The highest BCUT2D eigenvalue weighted by atomic mass is 16.5. The Morgan fingerprint density at radius 1 is 1.20 bits per heavy atom. The minimum atomic E-state index is -1.10. The molecular weight excluding hydrogens is 390 g/mol. The molecule has 30 heavy (non-hydrogen) atoms. The van der Waals surface area contributed by atoms with E-state index >= 15 is 0 Å². The molecule has 0 saturated carbocycles. The quantitative estimate of drug-likeness (QED) is 0.557. The van der Waals surface area contributed by atoms with Gasteiger partial charge >= 0.3 is 12.1 Å². The Balaban J connectivity index is 1.83. The van der Waals surface area contributed by atoms with Gasteiger partial charge in [0.1, 0.15) is 25.2 Å². The minimum Gasteiger partial charge on any atom is -0.480 e. The van der Waals surface area contributed by atoms with E-state index in [2.05, 4.69) is 10.6 Å². The Bertz CT molecular complexity index is 752. The molecular formula is C21H29N3O6. The summed E-state index contributed by atoms with van der Waals surface area (Å²) in [5.41, 5.74) is 0.824. The summed E-state index contributed by atoms with van der Waals surface area (Å²) in [6.45, 7) is 3.90. The van der Waals surface area contributed by atoms with Crippen molar-refractivity contribution in [2.45, 2.75) is 51.8 Å². The van der Waals surface area contributed by atoms with E-state index in [9.17, 15) is 24.3 Å². The van der Waals surface area contributed by atoms with Crippen LogP contribution in [-0.2, 0) is 25.7 Å². The molecule has 164 valence electrons. The maximum Gasteiger partial charge on any atom is 0.407 e. The van der Waals surface area contributed by atoms with Crippen LogP contribution in [0.25, 0.3) is 0 Å². The summed E-state index contributed by atoms with van der Waals surface area (Å²) in [6, 6.07) is 7.40. The molecule has 0 bridgehead atoms. The summed E-state index contributed by atoms with van der Waals surface area (Å²) in [7, 11) is 0. The number of carboxylic acid groups (broad SMARTS) is 1. The number of alkyl carbamates (subject to hydrolysis) is 1. The van der Waals surface area contributed by atoms with Gasteiger partial charge in [-0.25, -0.2) is 9.59 Å². The molecule has 0 aromatic heterocycles. The van der Waals surface area contributed by atoms with E-state index in [4.69, 9.17) is 4.74 Å². The van der Waals surface area contributed by atoms with Crippen LogP contribution in [0.15, 0.2) is 30.3 Å². The van der Waals surface area contributed by atoms with Gasteiger partial charge in [0, 0.05) is 6.54 Å². The first-order valence-corrected chi connectivity index (χ1v) is 10.0. The molecule has 1 aliphatic rings. The van der Waals surface area contributed by atoms with Crippen LogP contribution in [0.2, 0.25) is 0 Å². The minimum absolute atomic E-state index is 0.0854. The van der Waals surface area contributed by atoms with Crippen molar-refractivity contribution < 1.29 is 29.0 Å². The maximum absolute atomic E-state index is 12.6. The van der Waals surface area contributed by atoms with Crippen LogP contribution in [-0.4, -0.2) is 59.1 Å². The average Bonchev–Trinajstić information content (AvgIpc) is 3.20. The predicted molar refractivity (Wildman–Crippen MR) is 108 cm³/mol. The smallest absolute Gasteiger partial charge is 0.407 e. The number of hydrogen-bond acceptors (Lipinski definition) is 5. The summed E-state index contributed by atoms with van der Waals surface area (Å²) in [4.78, 5) is 49.7. The van der Waals surface area contributed by atoms with E-state index in [1.807, 2.05) is 44.2 Å². The third-order valence-corrected chi connectivity index (χ3v) is 4.79. The Labute approximate surface area is 175 Å². The van der Waals surface area contributed by atoms with Gasteiger partial charge in [-0.15, -0.1) is 0 Å². The van der Waals surface area contributed by atoms with E-state index in [-0.39, 0.29) is 19.1 Å². The van der Waals surface area contributed by atoms with Gasteiger partial charge in [-0.1, -0.05) is 44.2 Å². The summed E-state index contributed by atoms with van der Waals surface area (Å²) in [5, 5.41) is 14.2. The first-order chi connectivity index (χ1) is 14.3. The van der Waals surface area contributed by atoms with Crippen molar-refractivity contribution in [2.24, 2.45) is 5.92 Å². The molecule has 1 aliphatic heterocycles. The van der Waals surface area contributed by atoms with Gasteiger partial charge in [-0.3, -0.25) is 9.59 Å². The molecule has 2 atom stereocenters. The maximum atomic E-state index is 12.6. The van der Waals surface area contributed by atoms with Crippen LogP contribution in [0.5, 0.6) is 0 Å². The first kappa shape index (κ1) is 23.2. The molecule has 1 fully saturated rings. The monoisotopic (exact) mass is 419 g/mol. The molecule has 1 aromatic rings. The number of ether oxygens (including phenoxy) is 1. The van der Waals surface area contributed by atoms with Gasteiger partial charge in [-0.2, -0.15) is 0 Å². The number of carboxylic acids is 1. The third-order valence-electron chi connectivity index (χ3n) is 4.79. The van der Waals surface area contributed by atoms with Crippen LogP contribution in [0, 0.1) is 5.92 Å². The van der Waals surface area contributed by atoms with Gasteiger partial charge in [0.05, 0.1) is 0 Å². The number of carbonyl (C=O) groups excluding carboxylic acids is 3. The Morgan fingerprint density at radius 2 is 1.90 bits per heavy atom. The molecule has 1 heterocycles. The third kappa shape index (κ3) is 7.06. The van der Waals surface area contributed by atoms with Crippen LogP contribution in [0.3, 0.4) is 0 Å². The molecule has 3 amide bonds. The van der Waals surface area contributed by atoms with Crippen molar-refractivity contribution in [2.75, 3.05) is 13.1 Å². The summed E-state index contributed by atoms with van der Waals surface area (Å²) in [6.07, 6.45) is 0.653. The van der Waals surface area contributed by atoms with E-state index in [0.717, 1.165) is 5.56 Å². The zero-order chi connectivity index (χ0) is 22.1. The fourth-order valence-electron chi connectivity index (χ4n) is 3.32. The number of nitrogens with zero attached hydrogens (tertiary/aromatic N) is 1. The van der Waals surface area contributed by atoms with E-state index < -0.39 is 36.0 Å². The second kappa shape index (κ2) is 11.2. The van der Waals surface area contributed by atoms with Crippen LogP contribution in [0.1, 0.15) is 38.7 Å². The number of benzene rings is 1. The topological polar surface area (TPSA) is 125 Å². The standard InChI is InChI=1S/C21H29N3O6/c1-14(2)11-16(20(27)28)23-19(26)17-9-6-10-24(17)18(25)12-22-21(29)30-13-15-7-4-3-5-8-15/h3-5,7-8,14,16-17H,6,9-13H2,1-2H3,(H,22,29)(H,23,26)(H,27,28)/t16-,17-/m0/s1. The van der Waals surface area contributed by atoms with Gasteiger partial charge in [0.15, 0.2) is 0 Å². The molecule has 9 nitrogen and oxygen atoms in total. The van der Waals surface area contributed by atoms with Crippen molar-refractivity contribution in [1.82, 2.24) is 15.5 Å². The molecule has 0 aliphatic carbocycles. The van der Waals surface area contributed by atoms with Gasteiger partial charge in [0.2, 0.25) is 11.8 Å². The lowest BCUT2D eigenvalue weighted by Crippen LogP contribution is -2.52. The lowest BCUT2D eigenvalue weighted by atomic mass is 10.0. The van der Waals surface area contributed by atoms with E-state index in [0.29, 0.717) is 25.8 Å². The number of nitrogens with one attached hydrogen (secondary N) is 2. The summed E-state index contributed by atoms with van der Waals surface area (Å²) >= 11 is 0. The van der Waals surface area contributed by atoms with Crippen LogP contribution < -0.4 is 10.6 Å². The zero-order valence-electron chi connectivity index (χ0n) is 17.3. The SMILES string of the molecule is CC(C)C[C@H](NC(=O)[C@@H]1CCCN1C(=O)CNC(=O)OCc1ccccc1)C(=O)O. The number of carbonyl (C=O) groups is 4. The number of hydrogen-bond donors (Lipinski definition) is 3. The second-order valence-corrected chi connectivity index (χ2v) is 7.69. The number of aliphatic carboxylic acids is 1. The van der Waals surface area contributed by atoms with Gasteiger partial charge < -0.3 is 25.4 Å². The lowest BCUT2D eigenvalue weighted by Gasteiger charge is -2.26. The van der Waals surface area contributed by atoms with Gasteiger partial charge in [-0.05, 0) is 30.7 Å². The van der Waals surface area contributed by atoms with Crippen LogP contribution >= 0.6 is 0 Å². The predicted octanol–water partition coefficient (Wildman–Crippen LogP) is 1.52. The average molecular weight is 419 g/mol. The molecule has 1 aromatic carbocycles. The van der Waals surface area contributed by atoms with E-state index in [1.54, 1.807) is 0 Å². The molecule has 0 spiro atoms. The number of likely N-dealkylation sites (tertiary alicyclic amines) is 1. The van der Waals surface area contributed by atoms with Crippen molar-refractivity contribution in [1.29, 1.82) is 0 Å². The van der Waals surface area contributed by atoms with Gasteiger partial charge in [0.25, 0.3) is 0 Å². The normalized spacial score (nSPS) is 16.8. The second-order valence-electron chi connectivity index (χ2n) is 7.69. The van der Waals surface area contributed by atoms with E-state index in [1.165, 1.54) is 4.90 Å². The van der Waals surface area contributed by atoms with Crippen LogP contribution in [0.4, 0.5) is 4.79 Å². The fraction of sp³-hybridized carbons (Fsp3) is 0.524. The Kier molecular flexibility index (Phi) is 8.64. The lowest BCUT2D eigenvalue weighted by molar-refractivity contribution is -0.144.